The molecule has 0 fully saturated rings. The molecule has 0 aliphatic carbocycles. The smallest absolute Gasteiger partial charge is 0.0465 e. The van der Waals surface area contributed by atoms with Crippen molar-refractivity contribution in [2.75, 3.05) is 6.61 Å². The minimum atomic E-state index is 0.281. The highest BCUT2D eigenvalue weighted by Gasteiger charge is 1.90. The van der Waals surface area contributed by atoms with Gasteiger partial charge in [-0.3, -0.25) is 0 Å². The number of aliphatic hydroxyl groups excluding tert-OH is 1. The van der Waals surface area contributed by atoms with Crippen LogP contribution in [0.4, 0.5) is 0 Å². The van der Waals surface area contributed by atoms with Gasteiger partial charge in [-0.05, 0) is 38.5 Å². The van der Waals surface area contributed by atoms with Crippen LogP contribution in [-0.2, 0) is 0 Å². The minimum absolute atomic E-state index is 0.281. The lowest BCUT2D eigenvalue weighted by atomic mass is 10.1. The van der Waals surface area contributed by atoms with Gasteiger partial charge >= 0.3 is 0 Å². The van der Waals surface area contributed by atoms with Crippen LogP contribution < -0.4 is 0 Å². The predicted molar refractivity (Wildman–Crippen MR) is 86.4 cm³/mol. The molecule has 0 saturated heterocycles. The van der Waals surface area contributed by atoms with Crippen LogP contribution in [-0.4, -0.2) is 11.7 Å². The quantitative estimate of drug-likeness (QED) is 0.311. The van der Waals surface area contributed by atoms with Crippen molar-refractivity contribution in [1.82, 2.24) is 0 Å². The Morgan fingerprint density at radius 3 is 1.47 bits per heavy atom. The Morgan fingerprint density at radius 2 is 1.00 bits per heavy atom. The molecule has 0 radical (unpaired) electrons. The van der Waals surface area contributed by atoms with Gasteiger partial charge in [0.15, 0.2) is 0 Å². The molecule has 0 atom stereocenters. The Labute approximate surface area is 120 Å². The lowest BCUT2D eigenvalue weighted by Crippen LogP contribution is -1.80. The van der Waals surface area contributed by atoms with Crippen LogP contribution in [0.5, 0.6) is 0 Å². The SMILES string of the molecule is CCCC/C=C\CCCCCCCC/C=C\CCO. The van der Waals surface area contributed by atoms with E-state index in [1.807, 2.05) is 0 Å². The van der Waals surface area contributed by atoms with Crippen molar-refractivity contribution in [1.29, 1.82) is 0 Å². The Morgan fingerprint density at radius 1 is 0.579 bits per heavy atom. The first kappa shape index (κ1) is 18.4. The van der Waals surface area contributed by atoms with Crippen molar-refractivity contribution in [2.24, 2.45) is 0 Å². The molecule has 0 aliphatic heterocycles. The van der Waals surface area contributed by atoms with Gasteiger partial charge in [-0.15, -0.1) is 0 Å². The van der Waals surface area contributed by atoms with Gasteiger partial charge in [-0.25, -0.2) is 0 Å². The van der Waals surface area contributed by atoms with Crippen molar-refractivity contribution in [3.8, 4) is 0 Å². The van der Waals surface area contributed by atoms with Gasteiger partial charge in [-0.2, -0.15) is 0 Å². The van der Waals surface area contributed by atoms with Gasteiger partial charge in [0, 0.05) is 6.61 Å². The molecular weight excluding hydrogens is 232 g/mol. The Hall–Kier alpha value is -0.560. The molecule has 0 aromatic carbocycles. The molecule has 0 heterocycles. The second-order valence-corrected chi connectivity index (χ2v) is 5.30. The Balaban J connectivity index is 3.04. The summed E-state index contributed by atoms with van der Waals surface area (Å²) in [4.78, 5) is 0. The van der Waals surface area contributed by atoms with Gasteiger partial charge in [0.05, 0.1) is 0 Å². The molecular formula is C18H34O. The van der Waals surface area contributed by atoms with Crippen LogP contribution in [0.2, 0.25) is 0 Å². The summed E-state index contributed by atoms with van der Waals surface area (Å²) in [5.74, 6) is 0. The number of aliphatic hydroxyl groups is 1. The summed E-state index contributed by atoms with van der Waals surface area (Å²) in [6.45, 7) is 2.53. The van der Waals surface area contributed by atoms with Crippen LogP contribution >= 0.6 is 0 Å². The molecule has 0 bridgehead atoms. The summed E-state index contributed by atoms with van der Waals surface area (Å²) in [6.07, 6.45) is 24.4. The van der Waals surface area contributed by atoms with Crippen molar-refractivity contribution in [3.63, 3.8) is 0 Å². The second-order valence-electron chi connectivity index (χ2n) is 5.30. The van der Waals surface area contributed by atoms with Crippen molar-refractivity contribution < 1.29 is 5.11 Å². The lowest BCUT2D eigenvalue weighted by Gasteiger charge is -1.99. The lowest BCUT2D eigenvalue weighted by molar-refractivity contribution is 0.302. The van der Waals surface area contributed by atoms with E-state index in [1.54, 1.807) is 0 Å². The monoisotopic (exact) mass is 266 g/mol. The average Bonchev–Trinajstić information content (AvgIpc) is 2.43. The van der Waals surface area contributed by atoms with E-state index in [2.05, 4.69) is 31.2 Å². The maximum atomic E-state index is 8.61. The first-order chi connectivity index (χ1) is 9.41. The van der Waals surface area contributed by atoms with Crippen LogP contribution in [0.1, 0.15) is 84.0 Å². The largest absolute Gasteiger partial charge is 0.396 e. The molecule has 0 spiro atoms. The number of hydrogen-bond acceptors (Lipinski definition) is 1. The number of hydrogen-bond donors (Lipinski definition) is 1. The molecule has 0 unspecified atom stereocenters. The standard InChI is InChI=1S/C18H34O/c1-2-3-4-5-6-7-8-9-10-11-12-13-14-15-16-17-18-19/h5-6,15-16,19H,2-4,7-14,17-18H2,1H3/b6-5-,16-15-. The molecule has 0 aliphatic rings. The molecule has 1 heteroatoms. The maximum Gasteiger partial charge on any atom is 0.0465 e. The highest BCUT2D eigenvalue weighted by atomic mass is 16.2. The summed E-state index contributed by atoms with van der Waals surface area (Å²) >= 11 is 0. The fourth-order valence-electron chi connectivity index (χ4n) is 2.10. The van der Waals surface area contributed by atoms with E-state index in [-0.39, 0.29) is 6.61 Å². The van der Waals surface area contributed by atoms with Crippen LogP contribution in [0.25, 0.3) is 0 Å². The molecule has 0 rings (SSSR count). The van der Waals surface area contributed by atoms with E-state index in [0.29, 0.717) is 0 Å². The van der Waals surface area contributed by atoms with Gasteiger partial charge in [0.1, 0.15) is 0 Å². The van der Waals surface area contributed by atoms with E-state index >= 15 is 0 Å². The van der Waals surface area contributed by atoms with Crippen molar-refractivity contribution >= 4 is 0 Å². The molecule has 0 amide bonds. The molecule has 0 saturated carbocycles. The van der Waals surface area contributed by atoms with E-state index in [4.69, 9.17) is 5.11 Å². The molecule has 0 aromatic heterocycles. The van der Waals surface area contributed by atoms with Crippen molar-refractivity contribution in [2.45, 2.75) is 84.0 Å². The van der Waals surface area contributed by atoms with E-state index < -0.39 is 0 Å². The normalized spacial score (nSPS) is 11.9. The molecule has 1 nitrogen and oxygen atoms in total. The van der Waals surface area contributed by atoms with E-state index in [0.717, 1.165) is 6.42 Å². The summed E-state index contributed by atoms with van der Waals surface area (Å²) < 4.78 is 0. The molecule has 19 heavy (non-hydrogen) atoms. The third-order valence-electron chi connectivity index (χ3n) is 3.35. The van der Waals surface area contributed by atoms with Gasteiger partial charge in [-0.1, -0.05) is 69.8 Å². The summed E-state index contributed by atoms with van der Waals surface area (Å²) in [6, 6.07) is 0. The summed E-state index contributed by atoms with van der Waals surface area (Å²) in [7, 11) is 0. The fourth-order valence-corrected chi connectivity index (χ4v) is 2.10. The van der Waals surface area contributed by atoms with Crippen LogP contribution in [0.3, 0.4) is 0 Å². The van der Waals surface area contributed by atoms with Crippen molar-refractivity contribution in [3.05, 3.63) is 24.3 Å². The van der Waals surface area contributed by atoms with Gasteiger partial charge in [0.2, 0.25) is 0 Å². The third kappa shape index (κ3) is 17.4. The van der Waals surface area contributed by atoms with Crippen LogP contribution in [0.15, 0.2) is 24.3 Å². The zero-order valence-corrected chi connectivity index (χ0v) is 12.9. The molecule has 1 N–H and O–H groups in total. The zero-order valence-electron chi connectivity index (χ0n) is 12.9. The van der Waals surface area contributed by atoms with Crippen LogP contribution in [0, 0.1) is 0 Å². The predicted octanol–water partition coefficient (Wildman–Crippen LogP) is 5.79. The maximum absolute atomic E-state index is 8.61. The van der Waals surface area contributed by atoms with Gasteiger partial charge < -0.3 is 5.11 Å². The highest BCUT2D eigenvalue weighted by Crippen LogP contribution is 2.09. The third-order valence-corrected chi connectivity index (χ3v) is 3.35. The number of rotatable bonds is 14. The first-order valence-electron chi connectivity index (χ1n) is 8.32. The topological polar surface area (TPSA) is 20.2 Å². The Bertz CT molecular complexity index is 206. The molecule has 0 aromatic rings. The first-order valence-corrected chi connectivity index (χ1v) is 8.32. The highest BCUT2D eigenvalue weighted by molar-refractivity contribution is 4.81. The molecule has 112 valence electrons. The van der Waals surface area contributed by atoms with Gasteiger partial charge in [0.25, 0.3) is 0 Å². The van der Waals surface area contributed by atoms with E-state index in [9.17, 15) is 0 Å². The zero-order chi connectivity index (χ0) is 14.0. The average molecular weight is 266 g/mol. The summed E-state index contributed by atoms with van der Waals surface area (Å²) in [5, 5.41) is 8.61. The second kappa shape index (κ2) is 17.4. The Kier molecular flexibility index (Phi) is 16.9. The van der Waals surface area contributed by atoms with E-state index in [1.165, 1.54) is 70.6 Å². The fraction of sp³-hybridized carbons (Fsp3) is 0.778. The number of allylic oxidation sites excluding steroid dienone is 3. The number of unbranched alkanes of at least 4 members (excludes halogenated alkanes) is 9. The minimum Gasteiger partial charge on any atom is -0.396 e. The summed E-state index contributed by atoms with van der Waals surface area (Å²) in [5.41, 5.74) is 0.